The van der Waals surface area contributed by atoms with Crippen molar-refractivity contribution in [1.29, 1.82) is 5.26 Å². The predicted molar refractivity (Wildman–Crippen MR) is 120 cm³/mol. The van der Waals surface area contributed by atoms with Gasteiger partial charge >= 0.3 is 0 Å². The van der Waals surface area contributed by atoms with Gasteiger partial charge in [0.15, 0.2) is 5.82 Å². The average Bonchev–Trinajstić information content (AvgIpc) is 3.16. The molecule has 1 amide bonds. The summed E-state index contributed by atoms with van der Waals surface area (Å²) in [6, 6.07) is 9.50. The molecule has 0 saturated carbocycles. The van der Waals surface area contributed by atoms with Crippen molar-refractivity contribution in [3.8, 4) is 17.5 Å². The molecule has 0 aliphatic heterocycles. The maximum Gasteiger partial charge on any atom is 0.235 e. The largest absolute Gasteiger partial charge is 0.335 e. The van der Waals surface area contributed by atoms with E-state index in [0.29, 0.717) is 32.1 Å². The third kappa shape index (κ3) is 4.17. The van der Waals surface area contributed by atoms with E-state index in [1.807, 2.05) is 12.1 Å². The number of fused-ring (bicyclic) bond motifs is 1. The molecule has 10 heteroatoms. The molecule has 154 valence electrons. The smallest absolute Gasteiger partial charge is 0.235 e. The number of aryl methyl sites for hydroxylation is 1. The minimum absolute atomic E-state index is 0.102. The highest BCUT2D eigenvalue weighted by Gasteiger charge is 2.21. The molecular formula is C20H19ClN6OS2. The Morgan fingerprint density at radius 3 is 2.90 bits per heavy atom. The van der Waals surface area contributed by atoms with E-state index in [9.17, 15) is 10.1 Å². The molecule has 0 radical (unpaired) electrons. The average molecular weight is 459 g/mol. The van der Waals surface area contributed by atoms with Crippen molar-refractivity contribution in [1.82, 2.24) is 14.9 Å². The molecule has 3 aromatic rings. The van der Waals surface area contributed by atoms with Gasteiger partial charge < -0.3 is 11.2 Å². The zero-order chi connectivity index (χ0) is 21.1. The number of anilines is 1. The monoisotopic (exact) mass is 458 g/mol. The van der Waals surface area contributed by atoms with Crippen molar-refractivity contribution in [3.05, 3.63) is 45.3 Å². The second kappa shape index (κ2) is 9.08. The number of thiophene rings is 1. The highest BCUT2D eigenvalue weighted by atomic mass is 35.5. The van der Waals surface area contributed by atoms with E-state index >= 15 is 0 Å². The van der Waals surface area contributed by atoms with Crippen molar-refractivity contribution >= 4 is 45.6 Å². The fourth-order valence-electron chi connectivity index (χ4n) is 3.44. The molecule has 2 heterocycles. The summed E-state index contributed by atoms with van der Waals surface area (Å²) in [6.45, 7) is 0. The zero-order valence-electron chi connectivity index (χ0n) is 16.0. The molecule has 1 aliphatic carbocycles. The summed E-state index contributed by atoms with van der Waals surface area (Å²) in [4.78, 5) is 13.7. The van der Waals surface area contributed by atoms with E-state index < -0.39 is 0 Å². The molecule has 2 aromatic heterocycles. The number of benzene rings is 1. The number of carbonyl (C=O) groups is 1. The summed E-state index contributed by atoms with van der Waals surface area (Å²) in [5.74, 6) is 6.43. The zero-order valence-corrected chi connectivity index (χ0v) is 18.4. The number of amides is 1. The summed E-state index contributed by atoms with van der Waals surface area (Å²) < 4.78 is 1.33. The van der Waals surface area contributed by atoms with Gasteiger partial charge in [-0.3, -0.25) is 4.79 Å². The van der Waals surface area contributed by atoms with Crippen molar-refractivity contribution in [2.24, 2.45) is 0 Å². The lowest BCUT2D eigenvalue weighted by atomic mass is 10.1. The van der Waals surface area contributed by atoms with Crippen molar-refractivity contribution in [2.75, 3.05) is 16.9 Å². The van der Waals surface area contributed by atoms with Crippen LogP contribution in [0.3, 0.4) is 0 Å². The third-order valence-electron chi connectivity index (χ3n) is 4.90. The second-order valence-electron chi connectivity index (χ2n) is 6.87. The van der Waals surface area contributed by atoms with E-state index in [0.717, 1.165) is 31.2 Å². The summed E-state index contributed by atoms with van der Waals surface area (Å²) in [5, 5.41) is 22.2. The van der Waals surface area contributed by atoms with E-state index in [-0.39, 0.29) is 11.7 Å². The van der Waals surface area contributed by atoms with Crippen LogP contribution in [0.2, 0.25) is 5.02 Å². The summed E-state index contributed by atoms with van der Waals surface area (Å²) in [7, 11) is 0. The minimum atomic E-state index is -0.213. The standard InChI is InChI=1S/C20H19ClN6OS2/c21-15-8-5-4-7-13(15)18-25-26-20(27(18)23)29-11-17(28)24-19-14(10-22)12-6-2-1-3-9-16(12)30-19/h4-5,7-8H,1-3,6,9,11,23H2,(H,24,28). The van der Waals surface area contributed by atoms with Crippen LogP contribution in [0.4, 0.5) is 5.00 Å². The van der Waals surface area contributed by atoms with E-state index in [4.69, 9.17) is 17.4 Å². The van der Waals surface area contributed by atoms with Crippen LogP contribution in [0.25, 0.3) is 11.4 Å². The van der Waals surface area contributed by atoms with Gasteiger partial charge in [-0.05, 0) is 43.4 Å². The van der Waals surface area contributed by atoms with Gasteiger partial charge in [-0.1, -0.05) is 41.9 Å². The maximum atomic E-state index is 12.5. The number of nitrogen functional groups attached to an aromatic ring is 1. The number of hydrogen-bond acceptors (Lipinski definition) is 7. The first kappa shape index (κ1) is 20.7. The van der Waals surface area contributed by atoms with Crippen LogP contribution in [-0.4, -0.2) is 26.5 Å². The molecule has 30 heavy (non-hydrogen) atoms. The van der Waals surface area contributed by atoms with Gasteiger partial charge in [-0.15, -0.1) is 21.5 Å². The molecule has 0 bridgehead atoms. The molecule has 0 fully saturated rings. The number of aromatic nitrogens is 3. The Morgan fingerprint density at radius 2 is 2.10 bits per heavy atom. The van der Waals surface area contributed by atoms with Crippen LogP contribution in [0.5, 0.6) is 0 Å². The lowest BCUT2D eigenvalue weighted by Gasteiger charge is -2.06. The summed E-state index contributed by atoms with van der Waals surface area (Å²) in [5.41, 5.74) is 2.39. The third-order valence-corrected chi connectivity index (χ3v) is 7.38. The highest BCUT2D eigenvalue weighted by molar-refractivity contribution is 7.99. The van der Waals surface area contributed by atoms with Gasteiger partial charge in [0.25, 0.3) is 0 Å². The van der Waals surface area contributed by atoms with Crippen molar-refractivity contribution in [3.63, 3.8) is 0 Å². The molecule has 1 aliphatic rings. The summed E-state index contributed by atoms with van der Waals surface area (Å²) >= 11 is 8.90. The molecule has 3 N–H and O–H groups in total. The number of nitrogens with two attached hydrogens (primary N) is 1. The van der Waals surface area contributed by atoms with Crippen LogP contribution >= 0.6 is 34.7 Å². The first-order valence-electron chi connectivity index (χ1n) is 9.51. The fraction of sp³-hybridized carbons (Fsp3) is 0.300. The van der Waals surface area contributed by atoms with Gasteiger partial charge in [0.05, 0.1) is 16.3 Å². The topological polar surface area (TPSA) is 110 Å². The molecule has 0 unspecified atom stereocenters. The number of carbonyl (C=O) groups excluding carboxylic acids is 1. The van der Waals surface area contributed by atoms with E-state index in [1.54, 1.807) is 12.1 Å². The number of nitrogens with zero attached hydrogens (tertiary/aromatic N) is 4. The van der Waals surface area contributed by atoms with Gasteiger partial charge in [0.1, 0.15) is 11.1 Å². The number of nitrogens with one attached hydrogen (secondary N) is 1. The Bertz CT molecular complexity index is 1130. The van der Waals surface area contributed by atoms with Crippen LogP contribution in [-0.2, 0) is 17.6 Å². The molecule has 0 saturated heterocycles. The Balaban J connectivity index is 1.44. The Morgan fingerprint density at radius 1 is 1.30 bits per heavy atom. The molecule has 0 atom stereocenters. The first-order chi connectivity index (χ1) is 14.6. The van der Waals surface area contributed by atoms with Crippen LogP contribution in [0.1, 0.15) is 35.3 Å². The summed E-state index contributed by atoms with van der Waals surface area (Å²) in [6.07, 6.45) is 5.27. The van der Waals surface area contributed by atoms with Gasteiger partial charge in [0, 0.05) is 10.4 Å². The first-order valence-corrected chi connectivity index (χ1v) is 11.7. The van der Waals surface area contributed by atoms with Crippen LogP contribution in [0, 0.1) is 11.3 Å². The molecule has 1 aromatic carbocycles. The Kier molecular flexibility index (Phi) is 6.27. The highest BCUT2D eigenvalue weighted by Crippen LogP contribution is 2.37. The number of nitriles is 1. The quantitative estimate of drug-likeness (QED) is 0.336. The second-order valence-corrected chi connectivity index (χ2v) is 9.33. The number of hydrogen-bond donors (Lipinski definition) is 2. The van der Waals surface area contributed by atoms with Gasteiger partial charge in [0.2, 0.25) is 11.1 Å². The molecule has 4 rings (SSSR count). The number of halogens is 1. The van der Waals surface area contributed by atoms with Crippen molar-refractivity contribution in [2.45, 2.75) is 37.3 Å². The number of thioether (sulfide) groups is 1. The Hall–Kier alpha value is -2.54. The van der Waals surface area contributed by atoms with Crippen LogP contribution in [0.15, 0.2) is 29.4 Å². The lowest BCUT2D eigenvalue weighted by Crippen LogP contribution is -2.16. The predicted octanol–water partition coefficient (Wildman–Crippen LogP) is 4.25. The Labute approximate surface area is 187 Å². The maximum absolute atomic E-state index is 12.5. The molecular weight excluding hydrogens is 440 g/mol. The van der Waals surface area contributed by atoms with E-state index in [1.165, 1.54) is 39.1 Å². The van der Waals surface area contributed by atoms with Crippen molar-refractivity contribution < 1.29 is 4.79 Å². The minimum Gasteiger partial charge on any atom is -0.335 e. The molecule has 7 nitrogen and oxygen atoms in total. The molecule has 0 spiro atoms. The van der Waals surface area contributed by atoms with Crippen LogP contribution < -0.4 is 11.2 Å². The van der Waals surface area contributed by atoms with E-state index in [2.05, 4.69) is 21.6 Å². The fourth-order valence-corrected chi connectivity index (χ4v) is 5.58. The van der Waals surface area contributed by atoms with Gasteiger partial charge in [-0.25, -0.2) is 4.68 Å². The lowest BCUT2D eigenvalue weighted by molar-refractivity contribution is -0.113. The normalized spacial score (nSPS) is 13.3. The van der Waals surface area contributed by atoms with Gasteiger partial charge in [-0.2, -0.15) is 5.26 Å². The number of rotatable bonds is 5. The SMILES string of the molecule is N#Cc1c(NC(=O)CSc2nnc(-c3ccccc3Cl)n2N)sc2c1CCCCC2.